The Hall–Kier alpha value is -0.490. The van der Waals surface area contributed by atoms with Gasteiger partial charge in [0.1, 0.15) is 5.78 Å². The third kappa shape index (κ3) is 0.597. The minimum atomic E-state index is -0.704. The van der Waals surface area contributed by atoms with E-state index in [9.17, 15) is 4.79 Å². The molecule has 86 valence electrons. The number of ether oxygens (including phenoxy) is 4. The van der Waals surface area contributed by atoms with Crippen molar-refractivity contribution >= 4 is 5.78 Å². The van der Waals surface area contributed by atoms with Gasteiger partial charge in [-0.2, -0.15) is 0 Å². The Morgan fingerprint density at radius 2 is 1.50 bits per heavy atom. The molecule has 4 saturated heterocycles. The normalized spacial score (nSPS) is 73.2. The summed E-state index contributed by atoms with van der Waals surface area (Å²) in [7, 11) is 0. The van der Waals surface area contributed by atoms with Gasteiger partial charge >= 0.3 is 0 Å². The zero-order valence-corrected chi connectivity index (χ0v) is 9.01. The Labute approximate surface area is 92.0 Å². The minimum Gasteiger partial charge on any atom is -0.322 e. The van der Waals surface area contributed by atoms with E-state index in [1.807, 2.05) is 13.8 Å². The van der Waals surface area contributed by atoms with E-state index in [0.717, 1.165) is 0 Å². The summed E-state index contributed by atoms with van der Waals surface area (Å²) in [6.45, 7) is 3.80. The first kappa shape index (κ1) is 8.58. The molecular weight excluding hydrogens is 212 g/mol. The second-order valence-electron chi connectivity index (χ2n) is 5.75. The van der Waals surface area contributed by atoms with Crippen molar-refractivity contribution < 1.29 is 23.7 Å². The molecular formula is C11H12O5. The second kappa shape index (κ2) is 1.99. The molecule has 16 heavy (non-hydrogen) atoms. The Kier molecular flexibility index (Phi) is 1.07. The average molecular weight is 224 g/mol. The molecule has 4 aliphatic heterocycles. The fourth-order valence-electron chi connectivity index (χ4n) is 4.64. The number of hydrogen-bond acceptors (Lipinski definition) is 5. The van der Waals surface area contributed by atoms with Gasteiger partial charge in [-0.05, 0) is 13.8 Å². The molecule has 0 aromatic heterocycles. The van der Waals surface area contributed by atoms with E-state index in [0.29, 0.717) is 0 Å². The van der Waals surface area contributed by atoms with Gasteiger partial charge in [-0.3, -0.25) is 4.79 Å². The van der Waals surface area contributed by atoms with Crippen molar-refractivity contribution in [2.75, 3.05) is 0 Å². The van der Waals surface area contributed by atoms with Crippen molar-refractivity contribution in [1.29, 1.82) is 0 Å². The maximum Gasteiger partial charge on any atom is 0.176 e. The van der Waals surface area contributed by atoms with Crippen LogP contribution in [0.25, 0.3) is 0 Å². The van der Waals surface area contributed by atoms with Crippen LogP contribution in [0.4, 0.5) is 0 Å². The molecule has 0 unspecified atom stereocenters. The Bertz CT molecular complexity index is 400. The van der Waals surface area contributed by atoms with Gasteiger partial charge in [-0.15, -0.1) is 0 Å². The van der Waals surface area contributed by atoms with Crippen LogP contribution in [-0.4, -0.2) is 29.9 Å². The monoisotopic (exact) mass is 224 g/mol. The zero-order valence-electron chi connectivity index (χ0n) is 9.01. The van der Waals surface area contributed by atoms with Crippen LogP contribution in [0.5, 0.6) is 0 Å². The predicted octanol–water partition coefficient (Wildman–Crippen LogP) is 0.239. The highest BCUT2D eigenvalue weighted by Crippen LogP contribution is 2.70. The van der Waals surface area contributed by atoms with Gasteiger partial charge in [0.15, 0.2) is 24.2 Å². The molecule has 2 bridgehead atoms. The summed E-state index contributed by atoms with van der Waals surface area (Å²) in [5.41, 5.74) is 0. The van der Waals surface area contributed by atoms with Gasteiger partial charge in [0.05, 0.1) is 11.8 Å². The molecule has 0 spiro atoms. The lowest BCUT2D eigenvalue weighted by Gasteiger charge is -2.35. The molecule has 0 amide bonds. The van der Waals surface area contributed by atoms with Crippen LogP contribution < -0.4 is 0 Å². The number of ketones is 1. The quantitative estimate of drug-likeness (QED) is 0.590. The number of carbonyl (C=O) groups is 1. The lowest BCUT2D eigenvalue weighted by atomic mass is 9.83. The molecule has 5 nitrogen and oxygen atoms in total. The minimum absolute atomic E-state index is 0.104. The standard InChI is InChI=1S/C11H12O5/c1-10-5-3-7(12)4-6(5)11(2,16-10)15-9(4)13-8(3)14-10/h3-6,8-9H,1-2H3/t3-,4+,5-,6+,8-,9+,10-,11+. The molecule has 8 atom stereocenters. The molecule has 0 N–H and O–H groups in total. The van der Waals surface area contributed by atoms with E-state index in [1.165, 1.54) is 0 Å². The first-order chi connectivity index (χ1) is 7.54. The summed E-state index contributed by atoms with van der Waals surface area (Å²) in [5.74, 6) is -1.22. The Morgan fingerprint density at radius 3 is 2.00 bits per heavy atom. The first-order valence-corrected chi connectivity index (χ1v) is 5.78. The molecule has 5 aliphatic rings. The summed E-state index contributed by atoms with van der Waals surface area (Å²) >= 11 is 0. The fraction of sp³-hybridized carbons (Fsp3) is 0.909. The predicted molar refractivity (Wildman–Crippen MR) is 47.7 cm³/mol. The van der Waals surface area contributed by atoms with Crippen LogP contribution in [0.3, 0.4) is 0 Å². The van der Waals surface area contributed by atoms with E-state index in [4.69, 9.17) is 18.9 Å². The van der Waals surface area contributed by atoms with Crippen molar-refractivity contribution in [3.63, 3.8) is 0 Å². The highest BCUT2D eigenvalue weighted by Gasteiger charge is 2.83. The summed E-state index contributed by atoms with van der Waals surface area (Å²) in [4.78, 5) is 12.3. The van der Waals surface area contributed by atoms with E-state index in [-0.39, 0.29) is 29.5 Å². The van der Waals surface area contributed by atoms with Crippen LogP contribution in [0.1, 0.15) is 13.8 Å². The topological polar surface area (TPSA) is 54.0 Å². The highest BCUT2D eigenvalue weighted by molar-refractivity contribution is 5.89. The molecule has 5 rings (SSSR count). The summed E-state index contributed by atoms with van der Waals surface area (Å²) in [6, 6.07) is 0. The van der Waals surface area contributed by atoms with Gasteiger partial charge < -0.3 is 18.9 Å². The molecule has 0 aromatic carbocycles. The summed E-state index contributed by atoms with van der Waals surface area (Å²) in [5, 5.41) is 0. The molecule has 0 aromatic rings. The number of Topliss-reactive ketones (excluding diaryl/α,β-unsaturated/α-hetero) is 1. The maximum atomic E-state index is 12.3. The fourth-order valence-corrected chi connectivity index (χ4v) is 4.64. The third-order valence-electron chi connectivity index (χ3n) is 4.99. The van der Waals surface area contributed by atoms with Crippen LogP contribution >= 0.6 is 0 Å². The Morgan fingerprint density at radius 1 is 1.00 bits per heavy atom. The first-order valence-electron chi connectivity index (χ1n) is 5.78. The highest BCUT2D eigenvalue weighted by atomic mass is 16.9. The third-order valence-corrected chi connectivity index (χ3v) is 4.99. The number of rotatable bonds is 0. The van der Waals surface area contributed by atoms with Gasteiger partial charge in [-0.25, -0.2) is 0 Å². The van der Waals surface area contributed by atoms with Crippen molar-refractivity contribution in [3.8, 4) is 0 Å². The van der Waals surface area contributed by atoms with Gasteiger partial charge in [0.2, 0.25) is 0 Å². The van der Waals surface area contributed by atoms with Crippen LogP contribution in [0.2, 0.25) is 0 Å². The lowest BCUT2D eigenvalue weighted by molar-refractivity contribution is -0.399. The van der Waals surface area contributed by atoms with E-state index in [1.54, 1.807) is 0 Å². The SMILES string of the molecule is C[C@@]12O[C@H]3O[C@H]4O[C@@](C)(O1)[C@H]1[C@H]4C(=O)[C@H]3[C@H]12. The molecule has 1 aliphatic carbocycles. The number of carbonyl (C=O) groups excluding carboxylic acids is 1. The van der Waals surface area contributed by atoms with Crippen LogP contribution in [0.15, 0.2) is 0 Å². The molecule has 1 saturated carbocycles. The molecule has 4 heterocycles. The zero-order chi connectivity index (χ0) is 10.9. The molecule has 0 radical (unpaired) electrons. The van der Waals surface area contributed by atoms with Gasteiger partial charge in [-0.1, -0.05) is 0 Å². The van der Waals surface area contributed by atoms with Crippen LogP contribution in [0, 0.1) is 23.7 Å². The summed E-state index contributed by atoms with van der Waals surface area (Å²) < 4.78 is 23.2. The van der Waals surface area contributed by atoms with E-state index >= 15 is 0 Å². The molecule has 5 heteroatoms. The van der Waals surface area contributed by atoms with Crippen molar-refractivity contribution in [1.82, 2.24) is 0 Å². The largest absolute Gasteiger partial charge is 0.322 e. The lowest BCUT2D eigenvalue weighted by Crippen LogP contribution is -2.45. The van der Waals surface area contributed by atoms with Gasteiger partial charge in [0.25, 0.3) is 0 Å². The van der Waals surface area contributed by atoms with Crippen molar-refractivity contribution in [2.24, 2.45) is 23.7 Å². The van der Waals surface area contributed by atoms with E-state index in [2.05, 4.69) is 0 Å². The van der Waals surface area contributed by atoms with Gasteiger partial charge in [0, 0.05) is 11.8 Å². The smallest absolute Gasteiger partial charge is 0.176 e. The number of hydrogen-bond donors (Lipinski definition) is 0. The van der Waals surface area contributed by atoms with Crippen molar-refractivity contribution in [3.05, 3.63) is 0 Å². The van der Waals surface area contributed by atoms with Crippen LogP contribution in [-0.2, 0) is 23.7 Å². The van der Waals surface area contributed by atoms with Crippen molar-refractivity contribution in [2.45, 2.75) is 38.0 Å². The summed E-state index contributed by atoms with van der Waals surface area (Å²) in [6.07, 6.45) is -0.919. The Balaban J connectivity index is 1.83. The maximum absolute atomic E-state index is 12.3. The molecule has 5 fully saturated rings. The second-order valence-corrected chi connectivity index (χ2v) is 5.75. The van der Waals surface area contributed by atoms with E-state index < -0.39 is 24.2 Å². The average Bonchev–Trinajstić information content (AvgIpc) is 2.70.